The predicted molar refractivity (Wildman–Crippen MR) is 109 cm³/mol. The molecule has 2 nitrogen and oxygen atoms in total. The Kier molecular flexibility index (Phi) is 5.55. The van der Waals surface area contributed by atoms with Crippen molar-refractivity contribution < 1.29 is 9.53 Å². The number of aldehydes is 1. The van der Waals surface area contributed by atoms with Crippen LogP contribution in [0.2, 0.25) is 5.02 Å². The zero-order valence-electron chi connectivity index (χ0n) is 14.7. The van der Waals surface area contributed by atoms with E-state index in [4.69, 9.17) is 16.3 Å². The maximum atomic E-state index is 11.1. The molecule has 0 aliphatic carbocycles. The summed E-state index contributed by atoms with van der Waals surface area (Å²) in [6, 6.07) is 19.8. The van der Waals surface area contributed by atoms with E-state index < -0.39 is 0 Å². The van der Waals surface area contributed by atoms with Crippen LogP contribution < -0.4 is 4.74 Å². The minimum absolute atomic E-state index is 0.547. The predicted octanol–water partition coefficient (Wildman–Crippen LogP) is 6.31. The van der Waals surface area contributed by atoms with Crippen LogP contribution in [0.4, 0.5) is 0 Å². The molecule has 0 amide bonds. The number of aryl methyl sites for hydroxylation is 1. The molecule has 26 heavy (non-hydrogen) atoms. The molecular weight excluding hydrogens is 344 g/mol. The molecule has 3 rings (SSSR count). The molecule has 0 heterocycles. The molecule has 0 fully saturated rings. The first-order valence-corrected chi connectivity index (χ1v) is 8.67. The van der Waals surface area contributed by atoms with Crippen LogP contribution in [0.1, 0.15) is 27.0 Å². The Morgan fingerprint density at radius 1 is 0.885 bits per heavy atom. The second-order valence-electron chi connectivity index (χ2n) is 5.98. The van der Waals surface area contributed by atoms with Gasteiger partial charge in [-0.2, -0.15) is 0 Å². The summed E-state index contributed by atoms with van der Waals surface area (Å²) in [4.78, 5) is 11.1. The van der Waals surface area contributed by atoms with E-state index in [0.717, 1.165) is 34.1 Å². The largest absolute Gasteiger partial charge is 0.496 e. The van der Waals surface area contributed by atoms with E-state index in [9.17, 15) is 4.79 Å². The van der Waals surface area contributed by atoms with Gasteiger partial charge in [0.2, 0.25) is 0 Å². The number of ether oxygens (including phenoxy) is 1. The van der Waals surface area contributed by atoms with E-state index in [1.807, 2.05) is 79.7 Å². The molecule has 3 heteroatoms. The van der Waals surface area contributed by atoms with Gasteiger partial charge in [0.05, 0.1) is 17.7 Å². The molecule has 0 saturated carbocycles. The number of methoxy groups -OCH3 is 1. The van der Waals surface area contributed by atoms with Gasteiger partial charge in [0.25, 0.3) is 0 Å². The Hall–Kier alpha value is -2.84. The van der Waals surface area contributed by atoms with Crippen LogP contribution in [0, 0.1) is 6.92 Å². The average molecular weight is 363 g/mol. The Morgan fingerprint density at radius 3 is 2.31 bits per heavy atom. The zero-order valence-corrected chi connectivity index (χ0v) is 15.5. The highest BCUT2D eigenvalue weighted by Gasteiger charge is 2.08. The first-order valence-electron chi connectivity index (χ1n) is 8.30. The standard InChI is InChI=1S/C23H19ClO2/c1-16-13-20(15-25)22(26-2)14-19(16)12-11-18-9-6-10-21(23(18)24)17-7-4-3-5-8-17/h3-15H,1-2H3/b12-11+. The lowest BCUT2D eigenvalue weighted by Crippen LogP contribution is -1.93. The van der Waals surface area contributed by atoms with Crippen LogP contribution in [0.3, 0.4) is 0 Å². The Labute approximate surface area is 158 Å². The average Bonchev–Trinajstić information content (AvgIpc) is 2.68. The first kappa shape index (κ1) is 18.0. The van der Waals surface area contributed by atoms with Gasteiger partial charge in [-0.3, -0.25) is 4.79 Å². The molecule has 0 N–H and O–H groups in total. The topological polar surface area (TPSA) is 26.3 Å². The Balaban J connectivity index is 1.98. The van der Waals surface area contributed by atoms with Gasteiger partial charge < -0.3 is 4.74 Å². The van der Waals surface area contributed by atoms with Crippen molar-refractivity contribution in [3.8, 4) is 16.9 Å². The third-order valence-corrected chi connectivity index (χ3v) is 4.72. The molecular formula is C23H19ClO2. The van der Waals surface area contributed by atoms with Gasteiger partial charge in [0.1, 0.15) is 5.75 Å². The molecule has 3 aromatic rings. The summed E-state index contributed by atoms with van der Waals surface area (Å²) >= 11 is 6.63. The second kappa shape index (κ2) is 8.03. The lowest BCUT2D eigenvalue weighted by Gasteiger charge is -2.09. The van der Waals surface area contributed by atoms with E-state index in [0.29, 0.717) is 16.3 Å². The maximum Gasteiger partial charge on any atom is 0.153 e. The summed E-state index contributed by atoms with van der Waals surface area (Å²) in [5, 5.41) is 0.712. The number of benzene rings is 3. The van der Waals surface area contributed by atoms with E-state index in [1.54, 1.807) is 7.11 Å². The molecule has 0 aromatic heterocycles. The molecule has 0 spiro atoms. The number of hydrogen-bond donors (Lipinski definition) is 0. The van der Waals surface area contributed by atoms with Crippen LogP contribution in [0.25, 0.3) is 23.3 Å². The van der Waals surface area contributed by atoms with Crippen LogP contribution in [-0.2, 0) is 0 Å². The molecule has 130 valence electrons. The minimum Gasteiger partial charge on any atom is -0.496 e. The number of halogens is 1. The molecule has 0 aliphatic heterocycles. The Morgan fingerprint density at radius 2 is 1.62 bits per heavy atom. The van der Waals surface area contributed by atoms with E-state index in [1.165, 1.54) is 0 Å². The summed E-state index contributed by atoms with van der Waals surface area (Å²) in [6.07, 6.45) is 4.78. The van der Waals surface area contributed by atoms with Gasteiger partial charge in [-0.1, -0.05) is 72.3 Å². The quantitative estimate of drug-likeness (QED) is 0.393. The molecule has 0 bridgehead atoms. The molecule has 0 atom stereocenters. The SMILES string of the molecule is COc1cc(/C=C/c2cccc(-c3ccccc3)c2Cl)c(C)cc1C=O. The molecule has 0 saturated heterocycles. The summed E-state index contributed by atoms with van der Waals surface area (Å²) < 4.78 is 5.29. The highest BCUT2D eigenvalue weighted by Crippen LogP contribution is 2.32. The molecule has 0 radical (unpaired) electrons. The maximum absolute atomic E-state index is 11.1. The molecule has 0 aliphatic rings. The van der Waals surface area contributed by atoms with Gasteiger partial charge in [-0.15, -0.1) is 0 Å². The van der Waals surface area contributed by atoms with Crippen molar-refractivity contribution in [1.82, 2.24) is 0 Å². The van der Waals surface area contributed by atoms with E-state index in [-0.39, 0.29) is 0 Å². The van der Waals surface area contributed by atoms with Crippen LogP contribution >= 0.6 is 11.6 Å². The number of hydrogen-bond acceptors (Lipinski definition) is 2. The van der Waals surface area contributed by atoms with Gasteiger partial charge in [0.15, 0.2) is 6.29 Å². The fourth-order valence-corrected chi connectivity index (χ4v) is 3.17. The van der Waals surface area contributed by atoms with Crippen molar-refractivity contribution in [2.75, 3.05) is 7.11 Å². The monoisotopic (exact) mass is 362 g/mol. The van der Waals surface area contributed by atoms with Gasteiger partial charge in [-0.25, -0.2) is 0 Å². The summed E-state index contributed by atoms with van der Waals surface area (Å²) in [7, 11) is 1.56. The zero-order chi connectivity index (χ0) is 18.5. The van der Waals surface area contributed by atoms with Crippen LogP contribution in [0.15, 0.2) is 60.7 Å². The van der Waals surface area contributed by atoms with Crippen LogP contribution in [-0.4, -0.2) is 13.4 Å². The summed E-state index contributed by atoms with van der Waals surface area (Å²) in [6.45, 7) is 1.97. The van der Waals surface area contributed by atoms with Crippen molar-refractivity contribution in [3.63, 3.8) is 0 Å². The van der Waals surface area contributed by atoms with Crippen molar-refractivity contribution >= 4 is 30.0 Å². The van der Waals surface area contributed by atoms with Gasteiger partial charge in [0, 0.05) is 5.56 Å². The van der Waals surface area contributed by atoms with Crippen LogP contribution in [0.5, 0.6) is 5.75 Å². The normalized spacial score (nSPS) is 10.9. The van der Waals surface area contributed by atoms with Gasteiger partial charge >= 0.3 is 0 Å². The molecule has 3 aromatic carbocycles. The lowest BCUT2D eigenvalue weighted by atomic mass is 10.0. The van der Waals surface area contributed by atoms with Crippen molar-refractivity contribution in [1.29, 1.82) is 0 Å². The van der Waals surface area contributed by atoms with Crippen molar-refractivity contribution in [2.45, 2.75) is 6.92 Å². The minimum atomic E-state index is 0.547. The highest BCUT2D eigenvalue weighted by molar-refractivity contribution is 6.35. The third kappa shape index (κ3) is 3.71. The number of rotatable bonds is 5. The second-order valence-corrected chi connectivity index (χ2v) is 6.35. The van der Waals surface area contributed by atoms with Crippen molar-refractivity contribution in [2.24, 2.45) is 0 Å². The fourth-order valence-electron chi connectivity index (χ4n) is 2.87. The summed E-state index contributed by atoms with van der Waals surface area (Å²) in [5.74, 6) is 0.564. The Bertz CT molecular complexity index is 959. The van der Waals surface area contributed by atoms with E-state index >= 15 is 0 Å². The van der Waals surface area contributed by atoms with Gasteiger partial charge in [-0.05, 0) is 41.3 Å². The fraction of sp³-hybridized carbons (Fsp3) is 0.0870. The van der Waals surface area contributed by atoms with E-state index in [2.05, 4.69) is 0 Å². The third-order valence-electron chi connectivity index (χ3n) is 4.30. The number of carbonyl (C=O) groups is 1. The first-order chi connectivity index (χ1) is 12.6. The highest BCUT2D eigenvalue weighted by atomic mass is 35.5. The smallest absolute Gasteiger partial charge is 0.153 e. The van der Waals surface area contributed by atoms with Crippen molar-refractivity contribution in [3.05, 3.63) is 87.9 Å². The number of carbonyl (C=O) groups excluding carboxylic acids is 1. The summed E-state index contributed by atoms with van der Waals surface area (Å²) in [5.41, 5.74) is 5.55. The lowest BCUT2D eigenvalue weighted by molar-refractivity contribution is 0.112. The molecule has 0 unspecified atom stereocenters.